The molecule has 31 heavy (non-hydrogen) atoms. The van der Waals surface area contributed by atoms with Crippen molar-refractivity contribution >= 4 is 16.9 Å². The molecule has 0 aliphatic carbocycles. The van der Waals surface area contributed by atoms with Crippen molar-refractivity contribution in [2.75, 3.05) is 0 Å². The maximum absolute atomic E-state index is 14.2. The number of benzene rings is 2. The molecule has 1 atom stereocenters. The minimum Gasteiger partial charge on any atom is -0.343 e. The van der Waals surface area contributed by atoms with Crippen LogP contribution >= 0.6 is 0 Å². The molecular weight excluding hydrogens is 391 g/mol. The summed E-state index contributed by atoms with van der Waals surface area (Å²) >= 11 is 0. The number of carbonyl (C=O) groups is 1. The van der Waals surface area contributed by atoms with E-state index in [0.717, 1.165) is 22.3 Å². The van der Waals surface area contributed by atoms with Crippen molar-refractivity contribution in [2.45, 2.75) is 32.9 Å². The van der Waals surface area contributed by atoms with Gasteiger partial charge in [-0.25, -0.2) is 14.1 Å². The highest BCUT2D eigenvalue weighted by Crippen LogP contribution is 2.26. The van der Waals surface area contributed by atoms with Gasteiger partial charge < -0.3 is 5.32 Å². The molecule has 2 aromatic heterocycles. The number of fused-ring (bicyclic) bond motifs is 1. The number of amides is 1. The van der Waals surface area contributed by atoms with Crippen LogP contribution < -0.4 is 5.32 Å². The van der Waals surface area contributed by atoms with Gasteiger partial charge in [-0.15, -0.1) is 0 Å². The topological polar surface area (TPSA) is 59.8 Å². The lowest BCUT2D eigenvalue weighted by Gasteiger charge is -2.18. The zero-order valence-corrected chi connectivity index (χ0v) is 17.6. The number of carbonyl (C=O) groups excluding carboxylic acids is 1. The van der Waals surface area contributed by atoms with E-state index in [-0.39, 0.29) is 5.56 Å². The van der Waals surface area contributed by atoms with Gasteiger partial charge in [-0.2, -0.15) is 5.10 Å². The standard InChI is InChI=1S/C25H25FN4O/c1-17(2)16-30-24-20(12-8-14-27-24)23(29-30)22(15-18-9-4-3-5-10-18)28-25(31)19-11-6-7-13-21(19)26/h3-14,17,22H,15-16H2,1-2H3,(H,28,31). The fraction of sp³-hybridized carbons (Fsp3) is 0.240. The van der Waals surface area contributed by atoms with Crippen LogP contribution in [0.15, 0.2) is 72.9 Å². The number of halogens is 1. The van der Waals surface area contributed by atoms with Gasteiger partial charge in [-0.05, 0) is 42.2 Å². The van der Waals surface area contributed by atoms with Crippen molar-refractivity contribution in [1.29, 1.82) is 0 Å². The summed E-state index contributed by atoms with van der Waals surface area (Å²) in [5.74, 6) is -0.622. The molecule has 5 nitrogen and oxygen atoms in total. The van der Waals surface area contributed by atoms with Gasteiger partial charge >= 0.3 is 0 Å². The molecule has 0 fully saturated rings. The highest BCUT2D eigenvalue weighted by atomic mass is 19.1. The Bertz CT molecular complexity index is 1190. The predicted octanol–water partition coefficient (Wildman–Crippen LogP) is 4.94. The summed E-state index contributed by atoms with van der Waals surface area (Å²) in [7, 11) is 0. The van der Waals surface area contributed by atoms with Crippen molar-refractivity contribution in [1.82, 2.24) is 20.1 Å². The molecule has 1 unspecified atom stereocenters. The zero-order chi connectivity index (χ0) is 21.8. The zero-order valence-electron chi connectivity index (χ0n) is 17.6. The Labute approximate surface area is 180 Å². The second-order valence-corrected chi connectivity index (χ2v) is 8.03. The molecule has 0 aliphatic heterocycles. The average molecular weight is 417 g/mol. The van der Waals surface area contributed by atoms with Gasteiger partial charge in [0.05, 0.1) is 17.3 Å². The lowest BCUT2D eigenvalue weighted by atomic mass is 10.0. The molecule has 0 saturated heterocycles. The Kier molecular flexibility index (Phi) is 6.07. The summed E-state index contributed by atoms with van der Waals surface area (Å²) in [6.07, 6.45) is 2.28. The van der Waals surface area contributed by atoms with Crippen molar-refractivity contribution in [3.63, 3.8) is 0 Å². The van der Waals surface area contributed by atoms with Crippen molar-refractivity contribution in [2.24, 2.45) is 5.92 Å². The third-order valence-electron chi connectivity index (χ3n) is 5.11. The van der Waals surface area contributed by atoms with Crippen molar-refractivity contribution < 1.29 is 9.18 Å². The predicted molar refractivity (Wildman–Crippen MR) is 119 cm³/mol. The molecule has 4 aromatic rings. The van der Waals surface area contributed by atoms with E-state index in [9.17, 15) is 9.18 Å². The van der Waals surface area contributed by atoms with Gasteiger partial charge in [-0.3, -0.25) is 4.79 Å². The highest BCUT2D eigenvalue weighted by molar-refractivity contribution is 5.95. The van der Waals surface area contributed by atoms with E-state index >= 15 is 0 Å². The SMILES string of the molecule is CC(C)Cn1nc(C(Cc2ccccc2)NC(=O)c2ccccc2F)c2cccnc21. The van der Waals surface area contributed by atoms with E-state index in [0.29, 0.717) is 18.9 Å². The van der Waals surface area contributed by atoms with Crippen molar-refractivity contribution in [3.05, 3.63) is 95.6 Å². The number of hydrogen-bond acceptors (Lipinski definition) is 3. The van der Waals surface area contributed by atoms with E-state index < -0.39 is 17.8 Å². The van der Waals surface area contributed by atoms with E-state index in [1.54, 1.807) is 18.3 Å². The van der Waals surface area contributed by atoms with Crippen LogP contribution in [0.4, 0.5) is 4.39 Å². The van der Waals surface area contributed by atoms with E-state index in [4.69, 9.17) is 5.10 Å². The number of nitrogens with zero attached hydrogens (tertiary/aromatic N) is 3. The van der Waals surface area contributed by atoms with E-state index in [1.807, 2.05) is 47.1 Å². The van der Waals surface area contributed by atoms with Gasteiger partial charge in [0, 0.05) is 18.1 Å². The lowest BCUT2D eigenvalue weighted by Crippen LogP contribution is -2.31. The molecule has 2 heterocycles. The number of rotatable bonds is 7. The second kappa shape index (κ2) is 9.08. The van der Waals surface area contributed by atoms with E-state index in [1.165, 1.54) is 12.1 Å². The normalized spacial score (nSPS) is 12.3. The van der Waals surface area contributed by atoms with E-state index in [2.05, 4.69) is 24.1 Å². The molecular formula is C25H25FN4O. The van der Waals surface area contributed by atoms with Gasteiger partial charge in [0.15, 0.2) is 5.65 Å². The highest BCUT2D eigenvalue weighted by Gasteiger charge is 2.24. The molecule has 0 spiro atoms. The molecule has 4 rings (SSSR count). The first-order chi connectivity index (χ1) is 15.0. The minimum absolute atomic E-state index is 0.0182. The molecule has 0 aliphatic rings. The molecule has 1 amide bonds. The van der Waals surface area contributed by atoms with Gasteiger partial charge in [0.2, 0.25) is 0 Å². The summed E-state index contributed by atoms with van der Waals surface area (Å²) in [5.41, 5.74) is 2.59. The number of pyridine rings is 1. The Hall–Kier alpha value is -3.54. The average Bonchev–Trinajstić information content (AvgIpc) is 3.12. The molecule has 2 aromatic carbocycles. The molecule has 6 heteroatoms. The van der Waals surface area contributed by atoms with Crippen LogP contribution in [-0.2, 0) is 13.0 Å². The smallest absolute Gasteiger partial charge is 0.254 e. The summed E-state index contributed by atoms with van der Waals surface area (Å²) in [4.78, 5) is 17.5. The Morgan fingerprint density at radius 3 is 2.52 bits per heavy atom. The monoisotopic (exact) mass is 416 g/mol. The molecule has 1 N–H and O–H groups in total. The first-order valence-corrected chi connectivity index (χ1v) is 10.4. The third kappa shape index (κ3) is 4.63. The quantitative estimate of drug-likeness (QED) is 0.464. The van der Waals surface area contributed by atoms with Crippen molar-refractivity contribution in [3.8, 4) is 0 Å². The van der Waals surface area contributed by atoms with Crippen LogP contribution in [0.5, 0.6) is 0 Å². The summed E-state index contributed by atoms with van der Waals surface area (Å²) in [5, 5.41) is 8.74. The molecule has 0 radical (unpaired) electrons. The number of aromatic nitrogens is 3. The first kappa shape index (κ1) is 20.7. The summed E-state index contributed by atoms with van der Waals surface area (Å²) in [6.45, 7) is 4.96. The van der Waals surface area contributed by atoms with Gasteiger partial charge in [-0.1, -0.05) is 56.3 Å². The summed E-state index contributed by atoms with van der Waals surface area (Å²) < 4.78 is 16.1. The van der Waals surface area contributed by atoms with Crippen LogP contribution in [0.3, 0.4) is 0 Å². The van der Waals surface area contributed by atoms with Gasteiger partial charge in [0.25, 0.3) is 5.91 Å². The maximum Gasteiger partial charge on any atom is 0.254 e. The summed E-state index contributed by atoms with van der Waals surface area (Å²) in [6, 6.07) is 19.3. The van der Waals surface area contributed by atoms with Gasteiger partial charge in [0.1, 0.15) is 5.82 Å². The first-order valence-electron chi connectivity index (χ1n) is 10.4. The minimum atomic E-state index is -0.546. The molecule has 0 bridgehead atoms. The maximum atomic E-state index is 14.2. The number of hydrogen-bond donors (Lipinski definition) is 1. The van der Waals surface area contributed by atoms with Crippen LogP contribution in [0.25, 0.3) is 11.0 Å². The Morgan fingerprint density at radius 1 is 1.03 bits per heavy atom. The number of nitrogens with one attached hydrogen (secondary N) is 1. The van der Waals surface area contributed by atoms with Crippen LogP contribution in [0, 0.1) is 11.7 Å². The molecule has 0 saturated carbocycles. The van der Waals surface area contributed by atoms with Crippen LogP contribution in [-0.4, -0.2) is 20.7 Å². The lowest BCUT2D eigenvalue weighted by molar-refractivity contribution is 0.0931. The Balaban J connectivity index is 1.76. The molecule has 158 valence electrons. The fourth-order valence-electron chi connectivity index (χ4n) is 3.71. The third-order valence-corrected chi connectivity index (χ3v) is 5.11. The van der Waals surface area contributed by atoms with Crippen LogP contribution in [0.1, 0.15) is 41.5 Å². The Morgan fingerprint density at radius 2 is 1.77 bits per heavy atom. The largest absolute Gasteiger partial charge is 0.343 e. The van der Waals surface area contributed by atoms with Crippen LogP contribution in [0.2, 0.25) is 0 Å². The fourth-order valence-corrected chi connectivity index (χ4v) is 3.71. The second-order valence-electron chi connectivity index (χ2n) is 8.03.